The Balaban J connectivity index is 1.79. The van der Waals surface area contributed by atoms with Crippen molar-refractivity contribution in [3.8, 4) is 11.5 Å². The molecule has 2 aromatic rings. The fourth-order valence-corrected chi connectivity index (χ4v) is 1.53. The Morgan fingerprint density at radius 3 is 3.07 bits per heavy atom. The molecule has 1 aliphatic carbocycles. The maximum atomic E-state index is 5.32. The van der Waals surface area contributed by atoms with Gasteiger partial charge in [0.1, 0.15) is 5.69 Å². The fourth-order valence-electron chi connectivity index (χ4n) is 1.53. The van der Waals surface area contributed by atoms with Gasteiger partial charge >= 0.3 is 0 Å². The van der Waals surface area contributed by atoms with Crippen molar-refractivity contribution in [3.05, 3.63) is 30.5 Å². The summed E-state index contributed by atoms with van der Waals surface area (Å²) in [5.41, 5.74) is 0.914. The Morgan fingerprint density at radius 1 is 1.40 bits per heavy atom. The smallest absolute Gasteiger partial charge is 0.194 e. The first kappa shape index (κ1) is 8.73. The van der Waals surface area contributed by atoms with E-state index in [-0.39, 0.29) is 0 Å². The first-order chi connectivity index (χ1) is 7.43. The number of oxazole rings is 1. The van der Waals surface area contributed by atoms with E-state index in [0.717, 1.165) is 23.8 Å². The van der Waals surface area contributed by atoms with Crippen LogP contribution in [0.5, 0.6) is 0 Å². The van der Waals surface area contributed by atoms with Gasteiger partial charge in [0.2, 0.25) is 0 Å². The van der Waals surface area contributed by atoms with E-state index in [9.17, 15) is 0 Å². The molecule has 2 aromatic heterocycles. The predicted molar refractivity (Wildman–Crippen MR) is 54.1 cm³/mol. The third-order valence-corrected chi connectivity index (χ3v) is 2.52. The summed E-state index contributed by atoms with van der Waals surface area (Å²) in [6, 6.07) is 4.39. The normalized spacial score (nSPS) is 15.7. The number of nitrogens with zero attached hydrogens (tertiary/aromatic N) is 1. The lowest BCUT2D eigenvalue weighted by Gasteiger charge is -1.99. The van der Waals surface area contributed by atoms with E-state index in [1.54, 1.807) is 6.26 Å². The predicted octanol–water partition coefficient (Wildman–Crippen LogP) is 2.19. The molecule has 0 unspecified atom stereocenters. The van der Waals surface area contributed by atoms with E-state index in [1.165, 1.54) is 19.2 Å². The SMILES string of the molecule is c1coc(-c2ocnc2CNC2CC2)c1. The first-order valence-corrected chi connectivity index (χ1v) is 5.13. The number of rotatable bonds is 4. The van der Waals surface area contributed by atoms with E-state index in [1.807, 2.05) is 12.1 Å². The summed E-state index contributed by atoms with van der Waals surface area (Å²) < 4.78 is 10.6. The average Bonchev–Trinajstić information content (AvgIpc) is 2.79. The van der Waals surface area contributed by atoms with E-state index in [4.69, 9.17) is 8.83 Å². The van der Waals surface area contributed by atoms with Crippen molar-refractivity contribution < 1.29 is 8.83 Å². The van der Waals surface area contributed by atoms with Gasteiger partial charge in [-0.2, -0.15) is 0 Å². The molecular formula is C11H12N2O2. The van der Waals surface area contributed by atoms with Crippen molar-refractivity contribution in [2.75, 3.05) is 0 Å². The molecule has 0 spiro atoms. The molecule has 0 bridgehead atoms. The lowest BCUT2D eigenvalue weighted by atomic mass is 10.3. The zero-order chi connectivity index (χ0) is 10.1. The lowest BCUT2D eigenvalue weighted by molar-refractivity contribution is 0.518. The Bertz CT molecular complexity index is 429. The van der Waals surface area contributed by atoms with E-state index in [0.29, 0.717) is 6.04 Å². The highest BCUT2D eigenvalue weighted by molar-refractivity contribution is 5.52. The molecule has 4 nitrogen and oxygen atoms in total. The van der Waals surface area contributed by atoms with Crippen molar-refractivity contribution in [2.24, 2.45) is 0 Å². The summed E-state index contributed by atoms with van der Waals surface area (Å²) >= 11 is 0. The zero-order valence-corrected chi connectivity index (χ0v) is 8.27. The highest BCUT2D eigenvalue weighted by Gasteiger charge is 2.22. The molecule has 1 aliphatic rings. The Kier molecular flexibility index (Phi) is 2.07. The van der Waals surface area contributed by atoms with Crippen LogP contribution in [0.3, 0.4) is 0 Å². The summed E-state index contributed by atoms with van der Waals surface area (Å²) in [4.78, 5) is 4.18. The second kappa shape index (κ2) is 3.55. The lowest BCUT2D eigenvalue weighted by Crippen LogP contribution is -2.15. The van der Waals surface area contributed by atoms with Gasteiger partial charge in [-0.25, -0.2) is 4.98 Å². The molecule has 2 heterocycles. The van der Waals surface area contributed by atoms with Gasteiger partial charge in [0.05, 0.1) is 6.26 Å². The minimum Gasteiger partial charge on any atom is -0.461 e. The molecule has 4 heteroatoms. The molecule has 0 radical (unpaired) electrons. The Hall–Kier alpha value is -1.55. The van der Waals surface area contributed by atoms with E-state index in [2.05, 4.69) is 10.3 Å². The minimum atomic E-state index is 0.672. The maximum Gasteiger partial charge on any atom is 0.194 e. The third kappa shape index (κ3) is 1.80. The summed E-state index contributed by atoms with van der Waals surface area (Å²) in [7, 11) is 0. The fraction of sp³-hybridized carbons (Fsp3) is 0.364. The number of nitrogens with one attached hydrogen (secondary N) is 1. The second-order valence-corrected chi connectivity index (χ2v) is 3.76. The summed E-state index contributed by atoms with van der Waals surface area (Å²) in [5.74, 6) is 1.47. The molecule has 0 atom stereocenters. The van der Waals surface area contributed by atoms with Crippen LogP contribution in [0.25, 0.3) is 11.5 Å². The number of aromatic nitrogens is 1. The van der Waals surface area contributed by atoms with Crippen molar-refractivity contribution in [1.82, 2.24) is 10.3 Å². The monoisotopic (exact) mass is 204 g/mol. The van der Waals surface area contributed by atoms with Gasteiger partial charge in [-0.15, -0.1) is 0 Å². The average molecular weight is 204 g/mol. The molecule has 0 aromatic carbocycles. The quantitative estimate of drug-likeness (QED) is 0.829. The largest absolute Gasteiger partial charge is 0.461 e. The number of hydrogen-bond acceptors (Lipinski definition) is 4. The molecule has 15 heavy (non-hydrogen) atoms. The number of hydrogen-bond donors (Lipinski definition) is 1. The van der Waals surface area contributed by atoms with Crippen LogP contribution in [0, 0.1) is 0 Å². The van der Waals surface area contributed by atoms with Crippen molar-refractivity contribution in [2.45, 2.75) is 25.4 Å². The molecule has 3 rings (SSSR count). The van der Waals surface area contributed by atoms with Gasteiger partial charge in [0.15, 0.2) is 17.9 Å². The highest BCUT2D eigenvalue weighted by Crippen LogP contribution is 2.25. The van der Waals surface area contributed by atoms with E-state index >= 15 is 0 Å². The van der Waals surface area contributed by atoms with Crippen LogP contribution in [0.2, 0.25) is 0 Å². The summed E-state index contributed by atoms with van der Waals surface area (Å²) in [6.45, 7) is 0.747. The Labute approximate surface area is 87.3 Å². The van der Waals surface area contributed by atoms with Gasteiger partial charge in [0, 0.05) is 12.6 Å². The van der Waals surface area contributed by atoms with Gasteiger partial charge < -0.3 is 14.2 Å². The van der Waals surface area contributed by atoms with E-state index < -0.39 is 0 Å². The Morgan fingerprint density at radius 2 is 2.33 bits per heavy atom. The molecule has 0 amide bonds. The van der Waals surface area contributed by atoms with Crippen LogP contribution in [0.15, 0.2) is 33.6 Å². The van der Waals surface area contributed by atoms with Gasteiger partial charge in [-0.05, 0) is 25.0 Å². The second-order valence-electron chi connectivity index (χ2n) is 3.76. The molecule has 0 aliphatic heterocycles. The molecular weight excluding hydrogens is 192 g/mol. The van der Waals surface area contributed by atoms with Crippen LogP contribution in [-0.4, -0.2) is 11.0 Å². The van der Waals surface area contributed by atoms with Crippen LogP contribution in [0.4, 0.5) is 0 Å². The van der Waals surface area contributed by atoms with Crippen LogP contribution < -0.4 is 5.32 Å². The van der Waals surface area contributed by atoms with Gasteiger partial charge in [0.25, 0.3) is 0 Å². The highest BCUT2D eigenvalue weighted by atomic mass is 16.4. The van der Waals surface area contributed by atoms with Crippen LogP contribution in [0.1, 0.15) is 18.5 Å². The standard InChI is InChI=1S/C11H12N2O2/c1-2-10(14-5-1)11-9(13-7-15-11)6-12-8-3-4-8/h1-2,5,7-8,12H,3-4,6H2. The maximum absolute atomic E-state index is 5.32. The van der Waals surface area contributed by atoms with Crippen molar-refractivity contribution in [1.29, 1.82) is 0 Å². The number of furan rings is 1. The van der Waals surface area contributed by atoms with Crippen molar-refractivity contribution in [3.63, 3.8) is 0 Å². The van der Waals surface area contributed by atoms with Crippen molar-refractivity contribution >= 4 is 0 Å². The van der Waals surface area contributed by atoms with Crippen LogP contribution in [-0.2, 0) is 6.54 Å². The zero-order valence-electron chi connectivity index (χ0n) is 8.27. The van der Waals surface area contributed by atoms with Gasteiger partial charge in [-0.1, -0.05) is 0 Å². The molecule has 78 valence electrons. The molecule has 0 saturated heterocycles. The third-order valence-electron chi connectivity index (χ3n) is 2.52. The topological polar surface area (TPSA) is 51.2 Å². The summed E-state index contributed by atoms with van der Waals surface area (Å²) in [5, 5.41) is 3.40. The minimum absolute atomic E-state index is 0.672. The van der Waals surface area contributed by atoms with Crippen LogP contribution >= 0.6 is 0 Å². The molecule has 1 N–H and O–H groups in total. The summed E-state index contributed by atoms with van der Waals surface area (Å²) in [6.07, 6.45) is 5.64. The molecule has 1 saturated carbocycles. The van der Waals surface area contributed by atoms with Gasteiger partial charge in [-0.3, -0.25) is 0 Å². The molecule has 1 fully saturated rings. The first-order valence-electron chi connectivity index (χ1n) is 5.13.